The number of rotatable bonds is 4. The zero-order valence-electron chi connectivity index (χ0n) is 13.7. The van der Waals surface area contributed by atoms with Crippen molar-refractivity contribution in [3.05, 3.63) is 59.4 Å². The van der Waals surface area contributed by atoms with Crippen molar-refractivity contribution in [3.63, 3.8) is 0 Å². The van der Waals surface area contributed by atoms with E-state index < -0.39 is 0 Å². The van der Waals surface area contributed by atoms with Crippen molar-refractivity contribution in [2.75, 3.05) is 7.05 Å². The maximum absolute atomic E-state index is 5.44. The summed E-state index contributed by atoms with van der Waals surface area (Å²) in [6.45, 7) is 2.10. The molecule has 0 bridgehead atoms. The Morgan fingerprint density at radius 1 is 1.12 bits per heavy atom. The quantitative estimate of drug-likeness (QED) is 0.612. The van der Waals surface area contributed by atoms with E-state index >= 15 is 0 Å². The van der Waals surface area contributed by atoms with Crippen molar-refractivity contribution in [2.24, 2.45) is 0 Å². The zero-order chi connectivity index (χ0) is 15.8. The van der Waals surface area contributed by atoms with Crippen molar-refractivity contribution in [2.45, 2.75) is 25.8 Å². The molecule has 0 amide bonds. The van der Waals surface area contributed by atoms with Crippen LogP contribution < -0.4 is 5.32 Å². The smallest absolute Gasteiger partial charge is 0.257 e. The fourth-order valence-corrected chi connectivity index (χ4v) is 3.11. The molecule has 3 aromatic rings. The first-order valence-corrected chi connectivity index (χ1v) is 7.96. The molecule has 1 aliphatic rings. The molecule has 0 radical (unpaired) electrons. The molecule has 2 aromatic carbocycles. The maximum atomic E-state index is 5.44. The van der Waals surface area contributed by atoms with E-state index in [1.807, 2.05) is 7.05 Å². The molecule has 5 heteroatoms. The van der Waals surface area contributed by atoms with E-state index in [1.54, 1.807) is 0 Å². The second kappa shape index (κ2) is 6.75. The third-order valence-electron chi connectivity index (χ3n) is 4.49. The van der Waals surface area contributed by atoms with Crippen molar-refractivity contribution in [1.29, 1.82) is 0 Å². The standard InChI is InChI=1S/C19H19N3O.ClH/c1-12(20-2)9-18-21-19(23-22-18)14-7-8-17-15(11-14)10-13-5-3-4-6-16(13)17;/h3-8,11-12,20H,9-10H2,1-2H3;1H. The van der Waals surface area contributed by atoms with Crippen LogP contribution in [0.5, 0.6) is 0 Å². The first-order chi connectivity index (χ1) is 11.2. The molecule has 24 heavy (non-hydrogen) atoms. The fourth-order valence-electron chi connectivity index (χ4n) is 3.11. The molecule has 0 aliphatic heterocycles. The van der Waals surface area contributed by atoms with E-state index in [9.17, 15) is 0 Å². The Kier molecular flexibility index (Phi) is 4.69. The third-order valence-corrected chi connectivity index (χ3v) is 4.49. The van der Waals surface area contributed by atoms with Crippen LogP contribution in [0.4, 0.5) is 0 Å². The summed E-state index contributed by atoms with van der Waals surface area (Å²) in [7, 11) is 1.93. The minimum Gasteiger partial charge on any atom is -0.334 e. The number of nitrogens with zero attached hydrogens (tertiary/aromatic N) is 2. The van der Waals surface area contributed by atoms with Gasteiger partial charge in [-0.2, -0.15) is 4.98 Å². The van der Waals surface area contributed by atoms with Gasteiger partial charge in [-0.1, -0.05) is 35.5 Å². The molecule has 0 spiro atoms. The molecule has 0 saturated carbocycles. The van der Waals surface area contributed by atoms with Gasteiger partial charge in [-0.05, 0) is 54.8 Å². The van der Waals surface area contributed by atoms with Crippen LogP contribution in [-0.4, -0.2) is 23.2 Å². The average Bonchev–Trinajstić information content (AvgIpc) is 3.18. The molecule has 0 fully saturated rings. The molecule has 4 nitrogen and oxygen atoms in total. The second-order valence-corrected chi connectivity index (χ2v) is 6.12. The summed E-state index contributed by atoms with van der Waals surface area (Å²) in [4.78, 5) is 4.53. The Hall–Kier alpha value is -2.17. The van der Waals surface area contributed by atoms with E-state index in [0.29, 0.717) is 11.9 Å². The average molecular weight is 342 g/mol. The van der Waals surface area contributed by atoms with Crippen LogP contribution in [0.2, 0.25) is 0 Å². The lowest BCUT2D eigenvalue weighted by Gasteiger charge is -2.04. The van der Waals surface area contributed by atoms with Crippen LogP contribution in [0.15, 0.2) is 47.0 Å². The predicted molar refractivity (Wildman–Crippen MR) is 97.4 cm³/mol. The molecule has 0 saturated heterocycles. The number of halogens is 1. The van der Waals surface area contributed by atoms with Gasteiger partial charge >= 0.3 is 0 Å². The van der Waals surface area contributed by atoms with Gasteiger partial charge in [0.1, 0.15) is 0 Å². The van der Waals surface area contributed by atoms with Gasteiger partial charge in [0.2, 0.25) is 0 Å². The number of nitrogens with one attached hydrogen (secondary N) is 1. The van der Waals surface area contributed by atoms with Crippen LogP contribution >= 0.6 is 12.4 Å². The highest BCUT2D eigenvalue weighted by molar-refractivity contribution is 5.85. The number of benzene rings is 2. The first kappa shape index (κ1) is 16.7. The monoisotopic (exact) mass is 341 g/mol. The normalized spacial score (nSPS) is 13.1. The summed E-state index contributed by atoms with van der Waals surface area (Å²) < 4.78 is 5.44. The fraction of sp³-hybridized carbons (Fsp3) is 0.263. The molecule has 1 atom stereocenters. The minimum atomic E-state index is 0. The molecular weight excluding hydrogens is 322 g/mol. The van der Waals surface area contributed by atoms with Gasteiger partial charge in [-0.15, -0.1) is 12.4 Å². The molecule has 1 aromatic heterocycles. The molecule has 1 unspecified atom stereocenters. The Bertz CT molecular complexity index is 859. The second-order valence-electron chi connectivity index (χ2n) is 6.12. The van der Waals surface area contributed by atoms with Gasteiger partial charge in [0, 0.05) is 18.0 Å². The minimum absolute atomic E-state index is 0. The number of hydrogen-bond acceptors (Lipinski definition) is 4. The summed E-state index contributed by atoms with van der Waals surface area (Å²) in [6.07, 6.45) is 1.73. The van der Waals surface area contributed by atoms with E-state index in [0.717, 1.165) is 24.2 Å². The van der Waals surface area contributed by atoms with Crippen LogP contribution in [0.3, 0.4) is 0 Å². The number of likely N-dealkylation sites (N-methyl/N-ethyl adjacent to an activating group) is 1. The van der Waals surface area contributed by atoms with Crippen LogP contribution in [-0.2, 0) is 12.8 Å². The van der Waals surface area contributed by atoms with E-state index in [2.05, 4.69) is 64.8 Å². The van der Waals surface area contributed by atoms with Crippen molar-refractivity contribution in [1.82, 2.24) is 15.5 Å². The van der Waals surface area contributed by atoms with E-state index in [-0.39, 0.29) is 12.4 Å². The Morgan fingerprint density at radius 2 is 1.92 bits per heavy atom. The van der Waals surface area contributed by atoms with Gasteiger partial charge in [-0.25, -0.2) is 0 Å². The van der Waals surface area contributed by atoms with Crippen LogP contribution in [0.25, 0.3) is 22.6 Å². The van der Waals surface area contributed by atoms with E-state index in [4.69, 9.17) is 4.52 Å². The lowest BCUT2D eigenvalue weighted by atomic mass is 10.0. The molecule has 1 aliphatic carbocycles. The van der Waals surface area contributed by atoms with Gasteiger partial charge < -0.3 is 9.84 Å². The van der Waals surface area contributed by atoms with Gasteiger partial charge in [0.15, 0.2) is 5.82 Å². The molecule has 1 N–H and O–H groups in total. The highest BCUT2D eigenvalue weighted by Crippen LogP contribution is 2.38. The largest absolute Gasteiger partial charge is 0.334 e. The van der Waals surface area contributed by atoms with Crippen molar-refractivity contribution >= 4 is 12.4 Å². The summed E-state index contributed by atoms with van der Waals surface area (Å²) in [5, 5.41) is 7.27. The predicted octanol–water partition coefficient (Wildman–Crippen LogP) is 3.88. The maximum Gasteiger partial charge on any atom is 0.257 e. The highest BCUT2D eigenvalue weighted by Gasteiger charge is 2.19. The lowest BCUT2D eigenvalue weighted by molar-refractivity contribution is 0.418. The topological polar surface area (TPSA) is 51.0 Å². The summed E-state index contributed by atoms with van der Waals surface area (Å²) in [6, 6.07) is 15.3. The highest BCUT2D eigenvalue weighted by atomic mass is 35.5. The van der Waals surface area contributed by atoms with Crippen molar-refractivity contribution in [3.8, 4) is 22.6 Å². The first-order valence-electron chi connectivity index (χ1n) is 7.96. The number of hydrogen-bond donors (Lipinski definition) is 1. The van der Waals surface area contributed by atoms with Crippen LogP contribution in [0, 0.1) is 0 Å². The summed E-state index contributed by atoms with van der Waals surface area (Å²) in [5.74, 6) is 1.34. The van der Waals surface area contributed by atoms with Gasteiger partial charge in [0.25, 0.3) is 5.89 Å². The molecular formula is C19H20ClN3O. The Morgan fingerprint density at radius 3 is 2.75 bits per heavy atom. The number of aromatic nitrogens is 2. The van der Waals surface area contributed by atoms with Gasteiger partial charge in [0.05, 0.1) is 0 Å². The number of fused-ring (bicyclic) bond motifs is 3. The summed E-state index contributed by atoms with van der Waals surface area (Å²) >= 11 is 0. The molecule has 4 rings (SSSR count). The van der Waals surface area contributed by atoms with E-state index in [1.165, 1.54) is 22.3 Å². The van der Waals surface area contributed by atoms with Gasteiger partial charge in [-0.3, -0.25) is 0 Å². The Labute approximate surface area is 147 Å². The summed E-state index contributed by atoms with van der Waals surface area (Å²) in [5.41, 5.74) is 6.35. The third kappa shape index (κ3) is 2.95. The molecule has 1 heterocycles. The zero-order valence-corrected chi connectivity index (χ0v) is 14.6. The SMILES string of the molecule is CNC(C)Cc1noc(-c2ccc3c(c2)Cc2ccccc2-3)n1.Cl. The molecule has 124 valence electrons. The van der Waals surface area contributed by atoms with Crippen LogP contribution in [0.1, 0.15) is 23.9 Å². The van der Waals surface area contributed by atoms with Crippen molar-refractivity contribution < 1.29 is 4.52 Å². The lowest BCUT2D eigenvalue weighted by Crippen LogP contribution is -2.24. The Balaban J connectivity index is 0.00000169.